The number of hydrogen-bond donors (Lipinski definition) is 0. The van der Waals surface area contributed by atoms with Crippen molar-refractivity contribution in [2.45, 2.75) is 0 Å². The molecule has 0 spiro atoms. The Morgan fingerprint density at radius 3 is 1.00 bits per heavy atom. The molecule has 0 aliphatic carbocycles. The van der Waals surface area contributed by atoms with Gasteiger partial charge in [0.05, 0.1) is 17.9 Å². The molecule has 0 unspecified atom stereocenters. The van der Waals surface area contributed by atoms with Crippen molar-refractivity contribution in [2.24, 2.45) is 0 Å². The van der Waals surface area contributed by atoms with Gasteiger partial charge in [-0.2, -0.15) is 0 Å². The molecule has 0 aliphatic rings. The average Bonchev–Trinajstić information content (AvgIpc) is 1.80. The van der Waals surface area contributed by atoms with E-state index in [1.165, 1.54) is 0 Å². The average molecular weight is 331 g/mol. The van der Waals surface area contributed by atoms with Crippen molar-refractivity contribution in [3.63, 3.8) is 0 Å². The van der Waals surface area contributed by atoms with E-state index in [1.54, 1.807) is 0 Å². The summed E-state index contributed by atoms with van der Waals surface area (Å²) in [6, 6.07) is 0. The zero-order chi connectivity index (χ0) is 10.4. The van der Waals surface area contributed by atoms with Gasteiger partial charge in [-0.3, -0.25) is 4.90 Å². The molecule has 0 saturated heterocycles. The van der Waals surface area contributed by atoms with Gasteiger partial charge in [0, 0.05) is 19.6 Å². The number of carboxylic acid groups (broad SMARTS) is 3. The zero-order valence-corrected chi connectivity index (χ0v) is 20.6. The van der Waals surface area contributed by atoms with E-state index in [2.05, 4.69) is 0 Å². The van der Waals surface area contributed by atoms with Crippen LogP contribution in [0.3, 0.4) is 0 Å². The molecule has 90 valence electrons. The molecule has 9 nitrogen and oxygen atoms in total. The summed E-state index contributed by atoms with van der Waals surface area (Å²) in [5.41, 5.74) is 0. The Bertz CT molecular complexity index is 206. The predicted octanol–water partition coefficient (Wildman–Crippen LogP) is -18.4. The largest absolute Gasteiger partial charge is 1.00 e. The molecule has 0 amide bonds. The topological polar surface area (TPSA) is 185 Å². The summed E-state index contributed by atoms with van der Waals surface area (Å²) < 4.78 is 0. The Kier molecular flexibility index (Phi) is 58.6. The zero-order valence-electron chi connectivity index (χ0n) is 11.5. The number of hydrogen-bond acceptors (Lipinski definition) is 8. The molecule has 0 radical (unpaired) electrons. The second kappa shape index (κ2) is 25.9. The van der Waals surface area contributed by atoms with Crippen molar-refractivity contribution in [2.75, 3.05) is 19.6 Å². The molecule has 19 heavy (non-hydrogen) atoms. The van der Waals surface area contributed by atoms with Crippen LogP contribution in [0.25, 0.3) is 0 Å². The van der Waals surface area contributed by atoms with Crippen LogP contribution in [0.2, 0.25) is 0 Å². The van der Waals surface area contributed by atoms with Crippen molar-refractivity contribution >= 4 is 17.9 Å². The standard InChI is InChI=1S/C6H9NO6.K.3Na.2H2O/c8-4(9)1-7(2-5(10)11)3-6(12)13;;;;;;/h1-3H2,(H,8,9)(H,10,11)(H,12,13);;;;;2*1H2/q;4*+1;;/p-4. The minimum Gasteiger partial charge on any atom is -0.870 e. The first-order valence-corrected chi connectivity index (χ1v) is 3.23. The molecule has 0 rings (SSSR count). The Morgan fingerprint density at radius 2 is 0.895 bits per heavy atom. The summed E-state index contributed by atoms with van der Waals surface area (Å²) in [6.45, 7) is -2.37. The van der Waals surface area contributed by atoms with Crippen molar-refractivity contribution in [3.8, 4) is 0 Å². The summed E-state index contributed by atoms with van der Waals surface area (Å²) in [5, 5.41) is 30.0. The molecule has 0 aromatic rings. The van der Waals surface area contributed by atoms with Crippen molar-refractivity contribution < 1.29 is 181 Å². The third-order valence-corrected chi connectivity index (χ3v) is 1.06. The van der Waals surface area contributed by atoms with Crippen LogP contribution in [-0.2, 0) is 14.4 Å². The Hall–Kier alpha value is 2.93. The van der Waals surface area contributed by atoms with Crippen LogP contribution in [-0.4, -0.2) is 53.4 Å². The van der Waals surface area contributed by atoms with Crippen LogP contribution in [0.1, 0.15) is 0 Å². The van der Waals surface area contributed by atoms with Gasteiger partial charge in [-0.15, -0.1) is 0 Å². The van der Waals surface area contributed by atoms with Crippen LogP contribution in [0.15, 0.2) is 0 Å². The van der Waals surface area contributed by atoms with Gasteiger partial charge in [0.1, 0.15) is 0 Å². The van der Waals surface area contributed by atoms with Crippen molar-refractivity contribution in [1.29, 1.82) is 0 Å². The molecular formula is C6H9KNNa3O8. The summed E-state index contributed by atoms with van der Waals surface area (Å²) in [6.07, 6.45) is 0. The predicted molar refractivity (Wildman–Crippen MR) is 37.0 cm³/mol. The molecule has 0 bridgehead atoms. The van der Waals surface area contributed by atoms with E-state index in [4.69, 9.17) is 0 Å². The summed E-state index contributed by atoms with van der Waals surface area (Å²) in [4.78, 5) is 30.6. The summed E-state index contributed by atoms with van der Waals surface area (Å²) in [7, 11) is 0. The quantitative estimate of drug-likeness (QED) is 0.429. The first-order valence-electron chi connectivity index (χ1n) is 3.23. The third-order valence-electron chi connectivity index (χ3n) is 1.06. The van der Waals surface area contributed by atoms with Gasteiger partial charge in [0.25, 0.3) is 0 Å². The number of rotatable bonds is 6. The second-order valence-electron chi connectivity index (χ2n) is 2.26. The van der Waals surface area contributed by atoms with Gasteiger partial charge in [0.15, 0.2) is 0 Å². The number of aliphatic carboxylic acids is 3. The summed E-state index contributed by atoms with van der Waals surface area (Å²) in [5.74, 6) is -4.70. The smallest absolute Gasteiger partial charge is 0.870 e. The van der Waals surface area contributed by atoms with E-state index in [-0.39, 0.29) is 151 Å². The number of carbonyl (C=O) groups is 3. The maximum Gasteiger partial charge on any atom is 1.00 e. The van der Waals surface area contributed by atoms with E-state index in [9.17, 15) is 29.7 Å². The Labute approximate surface area is 218 Å². The van der Waals surface area contributed by atoms with E-state index in [1.807, 2.05) is 0 Å². The SMILES string of the molecule is O.O=C([O-])CN(CC(=O)[O-])CC(=O)[O-].[K+].[Na+].[Na+].[Na+].[OH-]. The minimum absolute atomic E-state index is 0. The number of nitrogens with zero attached hydrogens (tertiary/aromatic N) is 1. The van der Waals surface area contributed by atoms with Crippen LogP contribution in [0, 0.1) is 0 Å². The Morgan fingerprint density at radius 1 is 0.737 bits per heavy atom. The normalized spacial score (nSPS) is 6.79. The maximum atomic E-state index is 9.99. The minimum atomic E-state index is -1.57. The van der Waals surface area contributed by atoms with Crippen molar-refractivity contribution in [3.05, 3.63) is 0 Å². The van der Waals surface area contributed by atoms with Crippen LogP contribution in [0.5, 0.6) is 0 Å². The monoisotopic (exact) mass is 331 g/mol. The van der Waals surface area contributed by atoms with Gasteiger partial charge in [-0.1, -0.05) is 0 Å². The fraction of sp³-hybridized carbons (Fsp3) is 0.500. The van der Waals surface area contributed by atoms with E-state index in [0.717, 1.165) is 0 Å². The van der Waals surface area contributed by atoms with Crippen LogP contribution < -0.4 is 155 Å². The molecule has 0 aliphatic heterocycles. The van der Waals surface area contributed by atoms with E-state index < -0.39 is 37.5 Å². The first-order chi connectivity index (χ1) is 5.91. The van der Waals surface area contributed by atoms with Gasteiger partial charge in [-0.25, -0.2) is 0 Å². The molecule has 13 heteroatoms. The molecular weight excluding hydrogens is 322 g/mol. The molecule has 0 fully saturated rings. The first kappa shape index (κ1) is 43.1. The molecule has 3 N–H and O–H groups in total. The van der Waals surface area contributed by atoms with E-state index in [0.29, 0.717) is 4.90 Å². The van der Waals surface area contributed by atoms with Gasteiger partial charge in [-0.05, 0) is 0 Å². The van der Waals surface area contributed by atoms with Gasteiger partial charge in [0.2, 0.25) is 0 Å². The molecule has 0 atom stereocenters. The number of carboxylic acids is 3. The Balaban J connectivity index is -0.0000000480. The van der Waals surface area contributed by atoms with Gasteiger partial charge < -0.3 is 40.7 Å². The van der Waals surface area contributed by atoms with Crippen molar-refractivity contribution in [1.82, 2.24) is 4.90 Å². The molecule has 0 aromatic carbocycles. The molecule has 0 aromatic heterocycles. The third kappa shape index (κ3) is 33.6. The number of carbonyl (C=O) groups excluding carboxylic acids is 3. The summed E-state index contributed by atoms with van der Waals surface area (Å²) >= 11 is 0. The fourth-order valence-electron chi connectivity index (χ4n) is 0.715. The van der Waals surface area contributed by atoms with Crippen LogP contribution in [0.4, 0.5) is 0 Å². The molecule has 0 heterocycles. The fourth-order valence-corrected chi connectivity index (χ4v) is 0.715. The molecule has 0 saturated carbocycles. The van der Waals surface area contributed by atoms with Gasteiger partial charge >= 0.3 is 140 Å². The second-order valence-corrected chi connectivity index (χ2v) is 2.26. The maximum absolute atomic E-state index is 9.99. The van der Waals surface area contributed by atoms with E-state index >= 15 is 0 Å². The van der Waals surface area contributed by atoms with Crippen LogP contribution >= 0.6 is 0 Å².